The van der Waals surface area contributed by atoms with Crippen LogP contribution in [-0.4, -0.2) is 63.5 Å². The van der Waals surface area contributed by atoms with E-state index in [1.54, 1.807) is 0 Å². The third kappa shape index (κ3) is 7.32. The molecule has 4 rings (SSSR count). The van der Waals surface area contributed by atoms with Crippen LogP contribution >= 0.6 is 0 Å². The van der Waals surface area contributed by atoms with Crippen LogP contribution in [0, 0.1) is 0 Å². The summed E-state index contributed by atoms with van der Waals surface area (Å²) in [6.07, 6.45) is 11.4. The second-order valence-electron chi connectivity index (χ2n) is 17.6. The van der Waals surface area contributed by atoms with Gasteiger partial charge in [0.1, 0.15) is 5.75 Å². The van der Waals surface area contributed by atoms with Crippen molar-refractivity contribution in [1.82, 2.24) is 15.1 Å². The van der Waals surface area contributed by atoms with Gasteiger partial charge in [-0.25, -0.2) is 0 Å². The van der Waals surface area contributed by atoms with E-state index in [1.807, 2.05) is 18.7 Å². The largest absolute Gasteiger partial charge is 0.507 e. The molecule has 0 radical (unpaired) electrons. The molecular formula is C38H63N3O3. The lowest BCUT2D eigenvalue weighted by atomic mass is 9.65. The van der Waals surface area contributed by atoms with Crippen molar-refractivity contribution in [3.8, 4) is 5.75 Å². The van der Waals surface area contributed by atoms with Gasteiger partial charge in [-0.15, -0.1) is 0 Å². The lowest BCUT2D eigenvalue weighted by Crippen LogP contribution is -2.69. The zero-order valence-electron chi connectivity index (χ0n) is 29.8. The maximum atomic E-state index is 15.3. The van der Waals surface area contributed by atoms with Gasteiger partial charge in [-0.2, -0.15) is 0 Å². The van der Waals surface area contributed by atoms with E-state index >= 15 is 4.79 Å². The molecular weight excluding hydrogens is 546 g/mol. The van der Waals surface area contributed by atoms with Crippen molar-refractivity contribution in [3.63, 3.8) is 0 Å². The van der Waals surface area contributed by atoms with Crippen LogP contribution in [0.3, 0.4) is 0 Å². The summed E-state index contributed by atoms with van der Waals surface area (Å²) in [5.41, 5.74) is 1.12. The molecule has 0 aromatic heterocycles. The van der Waals surface area contributed by atoms with E-state index in [2.05, 4.69) is 77.7 Å². The molecule has 2 N–H and O–H groups in total. The van der Waals surface area contributed by atoms with E-state index in [-0.39, 0.29) is 34.2 Å². The first-order valence-electron chi connectivity index (χ1n) is 17.6. The van der Waals surface area contributed by atoms with Gasteiger partial charge in [0.2, 0.25) is 11.8 Å². The van der Waals surface area contributed by atoms with Crippen LogP contribution in [-0.2, 0) is 25.8 Å². The van der Waals surface area contributed by atoms with Crippen molar-refractivity contribution in [2.75, 3.05) is 19.6 Å². The minimum Gasteiger partial charge on any atom is -0.507 e. The number of phenolic OH excluding ortho intramolecular Hbond substituents is 1. The van der Waals surface area contributed by atoms with Crippen LogP contribution in [0.4, 0.5) is 0 Å². The van der Waals surface area contributed by atoms with Crippen LogP contribution in [0.25, 0.3) is 0 Å². The number of carbonyl (C=O) groups excluding carboxylic acids is 2. The zero-order chi connectivity index (χ0) is 32.7. The van der Waals surface area contributed by atoms with E-state index in [0.29, 0.717) is 25.4 Å². The summed E-state index contributed by atoms with van der Waals surface area (Å²) in [7, 11) is 0. The average molecular weight is 610 g/mol. The first kappa shape index (κ1) is 34.8. The van der Waals surface area contributed by atoms with E-state index in [4.69, 9.17) is 0 Å². The number of piperazine rings is 1. The number of aromatic hydroxyl groups is 1. The molecule has 44 heavy (non-hydrogen) atoms. The Morgan fingerprint density at radius 2 is 1.43 bits per heavy atom. The van der Waals surface area contributed by atoms with Gasteiger partial charge in [0.25, 0.3) is 0 Å². The minimum absolute atomic E-state index is 0.143. The normalized spacial score (nSPS) is 22.6. The topological polar surface area (TPSA) is 72.9 Å². The Hall–Kier alpha value is -2.08. The molecule has 1 heterocycles. The van der Waals surface area contributed by atoms with Crippen molar-refractivity contribution >= 4 is 11.8 Å². The van der Waals surface area contributed by atoms with E-state index in [0.717, 1.165) is 68.1 Å². The minimum atomic E-state index is -0.596. The predicted molar refractivity (Wildman–Crippen MR) is 181 cm³/mol. The second kappa shape index (κ2) is 12.6. The summed E-state index contributed by atoms with van der Waals surface area (Å²) in [4.78, 5) is 32.9. The van der Waals surface area contributed by atoms with Crippen LogP contribution in [0.15, 0.2) is 12.1 Å². The molecule has 2 saturated carbocycles. The molecule has 1 saturated heterocycles. The Labute approximate surface area is 268 Å². The molecule has 2 amide bonds. The first-order chi connectivity index (χ1) is 20.3. The van der Waals surface area contributed by atoms with Crippen LogP contribution in [0.5, 0.6) is 5.75 Å². The lowest BCUT2D eigenvalue weighted by Gasteiger charge is -2.48. The molecule has 1 aromatic carbocycles. The summed E-state index contributed by atoms with van der Waals surface area (Å²) in [5.74, 6) is 0.800. The number of phenols is 1. The fourth-order valence-corrected chi connectivity index (χ4v) is 8.45. The maximum Gasteiger partial charge on any atom is 0.242 e. The monoisotopic (exact) mass is 609 g/mol. The Bertz CT molecular complexity index is 1160. The molecule has 0 spiro atoms. The Balaban J connectivity index is 1.72. The first-order valence-corrected chi connectivity index (χ1v) is 17.6. The predicted octanol–water partition coefficient (Wildman–Crippen LogP) is 7.73. The third-order valence-corrected chi connectivity index (χ3v) is 10.6. The molecule has 1 aromatic rings. The van der Waals surface area contributed by atoms with Gasteiger partial charge in [0, 0.05) is 31.2 Å². The number of nitrogens with one attached hydrogen (secondary N) is 1. The highest BCUT2D eigenvalue weighted by Gasteiger charge is 2.47. The number of hydrogen-bond donors (Lipinski definition) is 2. The fourth-order valence-electron chi connectivity index (χ4n) is 8.45. The number of rotatable bonds is 7. The molecule has 2 aliphatic carbocycles. The maximum absolute atomic E-state index is 15.3. The molecule has 3 aliphatic rings. The van der Waals surface area contributed by atoms with Gasteiger partial charge in [0.15, 0.2) is 0 Å². The van der Waals surface area contributed by atoms with E-state index in [1.165, 1.54) is 19.3 Å². The SMILES string of the molecule is CC1(C)CN(CCCN(C(=O)C2(c3cc(C(C)(C)C)c(O)c(C(C)(C)C)c3)CCCCC2)C2CCCCC2)C(=O)C(C)(C)N1. The van der Waals surface area contributed by atoms with Crippen molar-refractivity contribution in [3.05, 3.63) is 28.8 Å². The highest BCUT2D eigenvalue weighted by atomic mass is 16.3. The van der Waals surface area contributed by atoms with Gasteiger partial charge >= 0.3 is 0 Å². The van der Waals surface area contributed by atoms with Gasteiger partial charge in [-0.1, -0.05) is 92.2 Å². The lowest BCUT2D eigenvalue weighted by molar-refractivity contribution is -0.144. The summed E-state index contributed by atoms with van der Waals surface area (Å²) in [6.45, 7) is 23.2. The van der Waals surface area contributed by atoms with Gasteiger partial charge in [0.05, 0.1) is 11.0 Å². The summed E-state index contributed by atoms with van der Waals surface area (Å²) in [6, 6.07) is 4.61. The smallest absolute Gasteiger partial charge is 0.242 e. The standard InChI is InChI=1S/C38H63N3O3/c1-34(2,3)29-24-27(25-30(31(29)42)35(4,5)6)38(20-15-12-16-21-38)33(44)41(28-18-13-11-14-19-28)23-17-22-40-26-36(7,8)39-37(9,10)32(40)43/h24-25,28,39,42H,11-23,26H2,1-10H3. The molecule has 6 nitrogen and oxygen atoms in total. The van der Waals surface area contributed by atoms with Crippen molar-refractivity contribution in [2.45, 2.75) is 173 Å². The average Bonchev–Trinajstić information content (AvgIpc) is 2.92. The molecule has 1 aliphatic heterocycles. The number of carbonyl (C=O) groups is 2. The quantitative estimate of drug-likeness (QED) is 0.332. The van der Waals surface area contributed by atoms with Crippen molar-refractivity contribution < 1.29 is 14.7 Å². The molecule has 0 bridgehead atoms. The number of benzene rings is 1. The third-order valence-electron chi connectivity index (χ3n) is 10.6. The Morgan fingerprint density at radius 1 is 0.909 bits per heavy atom. The van der Waals surface area contributed by atoms with Gasteiger partial charge in [-0.3, -0.25) is 14.9 Å². The fraction of sp³-hybridized carbons (Fsp3) is 0.789. The van der Waals surface area contributed by atoms with E-state index in [9.17, 15) is 9.90 Å². The number of hydrogen-bond acceptors (Lipinski definition) is 4. The summed E-state index contributed by atoms with van der Waals surface area (Å²) < 4.78 is 0. The van der Waals surface area contributed by atoms with Gasteiger partial charge in [-0.05, 0) is 87.3 Å². The zero-order valence-corrected chi connectivity index (χ0v) is 29.8. The van der Waals surface area contributed by atoms with E-state index < -0.39 is 11.0 Å². The molecule has 3 fully saturated rings. The van der Waals surface area contributed by atoms with Crippen molar-refractivity contribution in [2.24, 2.45) is 0 Å². The van der Waals surface area contributed by atoms with Gasteiger partial charge < -0.3 is 14.9 Å². The summed E-state index contributed by atoms with van der Waals surface area (Å²) in [5, 5.41) is 15.0. The molecule has 0 atom stereocenters. The second-order valence-corrected chi connectivity index (χ2v) is 17.6. The number of amides is 2. The van der Waals surface area contributed by atoms with Crippen LogP contribution < -0.4 is 5.32 Å². The van der Waals surface area contributed by atoms with Crippen LogP contribution in [0.2, 0.25) is 0 Å². The number of nitrogens with zero attached hydrogens (tertiary/aromatic N) is 2. The summed E-state index contributed by atoms with van der Waals surface area (Å²) >= 11 is 0. The Kier molecular flexibility index (Phi) is 9.97. The van der Waals surface area contributed by atoms with Crippen molar-refractivity contribution in [1.29, 1.82) is 0 Å². The molecule has 6 heteroatoms. The Morgan fingerprint density at radius 3 is 1.95 bits per heavy atom. The highest BCUT2D eigenvalue weighted by Crippen LogP contribution is 2.47. The molecule has 248 valence electrons. The molecule has 0 unspecified atom stereocenters. The highest BCUT2D eigenvalue weighted by molar-refractivity contribution is 5.89. The van der Waals surface area contributed by atoms with Crippen LogP contribution in [0.1, 0.15) is 157 Å².